The summed E-state index contributed by atoms with van der Waals surface area (Å²) in [7, 11) is 0. The second-order valence-corrected chi connectivity index (χ2v) is 4.72. The topological polar surface area (TPSA) is 127 Å². The molecule has 19 heavy (non-hydrogen) atoms. The minimum absolute atomic E-state index is 0.315. The fourth-order valence-electron chi connectivity index (χ4n) is 2.12. The highest BCUT2D eigenvalue weighted by Crippen LogP contribution is 2.32. The number of aromatic amines is 2. The van der Waals surface area contributed by atoms with Crippen LogP contribution in [0.4, 0.5) is 0 Å². The summed E-state index contributed by atoms with van der Waals surface area (Å²) < 4.78 is 5.79. The van der Waals surface area contributed by atoms with Gasteiger partial charge < -0.3 is 30.0 Å². The molecular weight excluding hydrogens is 272 g/mol. The molecule has 0 bridgehead atoms. The number of fused-ring (bicyclic) bond motifs is 1. The third-order valence-corrected chi connectivity index (χ3v) is 3.43. The Hall–Kier alpha value is -1.39. The Bertz CT molecular complexity index is 656. The normalized spacial score (nSPS) is 31.1. The Morgan fingerprint density at radius 1 is 1.37 bits per heavy atom. The van der Waals surface area contributed by atoms with Crippen molar-refractivity contribution in [1.82, 2.24) is 19.9 Å². The highest BCUT2D eigenvalue weighted by Gasteiger charge is 2.44. The second kappa shape index (κ2) is 4.62. The van der Waals surface area contributed by atoms with E-state index in [0.717, 1.165) is 0 Å². The predicted molar refractivity (Wildman–Crippen MR) is 65.8 cm³/mol. The molecule has 2 aromatic rings. The van der Waals surface area contributed by atoms with Gasteiger partial charge in [-0.1, -0.05) is 12.2 Å². The van der Waals surface area contributed by atoms with Gasteiger partial charge >= 0.3 is 0 Å². The van der Waals surface area contributed by atoms with E-state index < -0.39 is 24.4 Å². The molecule has 0 aromatic carbocycles. The Balaban J connectivity index is 2.01. The summed E-state index contributed by atoms with van der Waals surface area (Å²) in [4.78, 5) is 13.9. The van der Waals surface area contributed by atoms with Crippen LogP contribution in [-0.2, 0) is 4.74 Å². The zero-order chi connectivity index (χ0) is 13.6. The van der Waals surface area contributed by atoms with Crippen LogP contribution in [0, 0.1) is 4.64 Å². The average Bonchev–Trinajstić information content (AvgIpc) is 2.94. The molecule has 3 rings (SSSR count). The predicted octanol–water partition coefficient (Wildman–Crippen LogP) is -0.831. The molecule has 1 aliphatic rings. The van der Waals surface area contributed by atoms with Crippen molar-refractivity contribution in [3.05, 3.63) is 16.8 Å². The zero-order valence-electron chi connectivity index (χ0n) is 9.65. The van der Waals surface area contributed by atoms with Crippen molar-refractivity contribution in [3.8, 4) is 0 Å². The quantitative estimate of drug-likeness (QED) is 0.455. The second-order valence-electron chi connectivity index (χ2n) is 4.31. The first kappa shape index (κ1) is 12.6. The molecule has 2 aromatic heterocycles. The molecule has 3 heterocycles. The van der Waals surface area contributed by atoms with E-state index in [1.165, 1.54) is 6.33 Å². The first-order chi connectivity index (χ1) is 9.11. The van der Waals surface area contributed by atoms with Gasteiger partial charge in [0.1, 0.15) is 40.4 Å². The first-order valence-electron chi connectivity index (χ1n) is 5.67. The molecule has 0 radical (unpaired) electrons. The summed E-state index contributed by atoms with van der Waals surface area (Å²) in [5.74, 6) is 0.315. The molecule has 0 spiro atoms. The summed E-state index contributed by atoms with van der Waals surface area (Å²) in [5.41, 5.74) is 0.932. The Kier molecular flexibility index (Phi) is 3.07. The van der Waals surface area contributed by atoms with Gasteiger partial charge in [0.05, 0.1) is 12.9 Å². The van der Waals surface area contributed by atoms with Crippen LogP contribution >= 0.6 is 12.2 Å². The Morgan fingerprint density at radius 3 is 2.79 bits per heavy atom. The van der Waals surface area contributed by atoms with E-state index in [0.29, 0.717) is 21.6 Å². The van der Waals surface area contributed by atoms with Crippen molar-refractivity contribution in [1.29, 1.82) is 0 Å². The van der Waals surface area contributed by atoms with Crippen LogP contribution in [0.25, 0.3) is 11.2 Å². The van der Waals surface area contributed by atoms with Gasteiger partial charge in [-0.2, -0.15) is 0 Å². The van der Waals surface area contributed by atoms with E-state index >= 15 is 0 Å². The van der Waals surface area contributed by atoms with E-state index in [2.05, 4.69) is 19.9 Å². The minimum atomic E-state index is -1.17. The summed E-state index contributed by atoms with van der Waals surface area (Å²) in [6, 6.07) is 0. The van der Waals surface area contributed by atoms with E-state index in [-0.39, 0.29) is 6.61 Å². The van der Waals surface area contributed by atoms with Gasteiger partial charge in [0.2, 0.25) is 0 Å². The number of hydrogen-bond donors (Lipinski definition) is 5. The van der Waals surface area contributed by atoms with E-state index in [1.54, 1.807) is 0 Å². The highest BCUT2D eigenvalue weighted by atomic mass is 32.1. The molecule has 0 saturated carbocycles. The Labute approximate surface area is 112 Å². The SMILES string of the molecule is OC[C@H]1OC(c2nc3c(=S)[nH]cnc3[nH]2)[C@H](O)[C@@H]1O. The number of aliphatic hydroxyl groups excluding tert-OH is 3. The molecule has 1 fully saturated rings. The van der Waals surface area contributed by atoms with Crippen molar-refractivity contribution in [2.75, 3.05) is 6.61 Å². The number of aromatic nitrogens is 4. The van der Waals surface area contributed by atoms with E-state index in [9.17, 15) is 10.2 Å². The fourth-order valence-corrected chi connectivity index (χ4v) is 2.31. The van der Waals surface area contributed by atoms with Gasteiger partial charge in [-0.25, -0.2) is 9.97 Å². The molecule has 0 amide bonds. The molecule has 9 heteroatoms. The monoisotopic (exact) mass is 284 g/mol. The van der Waals surface area contributed by atoms with Gasteiger partial charge in [0.15, 0.2) is 5.65 Å². The lowest BCUT2D eigenvalue weighted by atomic mass is 10.1. The van der Waals surface area contributed by atoms with Crippen LogP contribution in [0.2, 0.25) is 0 Å². The van der Waals surface area contributed by atoms with Crippen molar-refractivity contribution in [2.45, 2.75) is 24.4 Å². The lowest BCUT2D eigenvalue weighted by molar-refractivity contribution is -0.0249. The maximum Gasteiger partial charge on any atom is 0.162 e. The largest absolute Gasteiger partial charge is 0.394 e. The van der Waals surface area contributed by atoms with Crippen LogP contribution < -0.4 is 0 Å². The molecule has 1 unspecified atom stereocenters. The third-order valence-electron chi connectivity index (χ3n) is 3.12. The number of hydrogen-bond acceptors (Lipinski definition) is 7. The minimum Gasteiger partial charge on any atom is -0.394 e. The molecule has 5 N–H and O–H groups in total. The number of aliphatic hydroxyl groups is 3. The Morgan fingerprint density at radius 2 is 2.16 bits per heavy atom. The maximum absolute atomic E-state index is 9.91. The number of rotatable bonds is 2. The van der Waals surface area contributed by atoms with Gasteiger partial charge in [0.25, 0.3) is 0 Å². The first-order valence-corrected chi connectivity index (χ1v) is 6.08. The third kappa shape index (κ3) is 1.95. The summed E-state index contributed by atoms with van der Waals surface area (Å²) in [6.45, 7) is -0.382. The average molecular weight is 284 g/mol. The van der Waals surface area contributed by atoms with Gasteiger partial charge in [-0.3, -0.25) is 0 Å². The molecule has 102 valence electrons. The molecule has 4 atom stereocenters. The number of nitrogens with one attached hydrogen (secondary N) is 2. The molecule has 8 nitrogen and oxygen atoms in total. The van der Waals surface area contributed by atoms with Gasteiger partial charge in [-0.15, -0.1) is 0 Å². The highest BCUT2D eigenvalue weighted by molar-refractivity contribution is 7.71. The van der Waals surface area contributed by atoms with Gasteiger partial charge in [0, 0.05) is 0 Å². The lowest BCUT2D eigenvalue weighted by Crippen LogP contribution is -2.32. The standard InChI is InChI=1S/C10H12N4O4S/c15-1-3-5(16)6(17)7(18-3)9-13-4-8(14-9)11-2-12-10(4)19/h2-3,5-7,15-17H,1H2,(H2,11,12,13,14,19)/t3-,5-,6-,7?/m1/s1. The lowest BCUT2D eigenvalue weighted by Gasteiger charge is -2.11. The molecule has 1 aliphatic heterocycles. The number of ether oxygens (including phenoxy) is 1. The smallest absolute Gasteiger partial charge is 0.162 e. The van der Waals surface area contributed by atoms with Crippen LogP contribution in [0.1, 0.15) is 11.9 Å². The summed E-state index contributed by atoms with van der Waals surface area (Å²) >= 11 is 5.07. The summed E-state index contributed by atoms with van der Waals surface area (Å²) in [5, 5.41) is 28.6. The van der Waals surface area contributed by atoms with Crippen LogP contribution in [0.5, 0.6) is 0 Å². The van der Waals surface area contributed by atoms with Crippen molar-refractivity contribution in [3.63, 3.8) is 0 Å². The van der Waals surface area contributed by atoms with Crippen LogP contribution in [0.3, 0.4) is 0 Å². The van der Waals surface area contributed by atoms with Crippen LogP contribution in [0.15, 0.2) is 6.33 Å². The molecular formula is C10H12N4O4S. The van der Waals surface area contributed by atoms with Crippen LogP contribution in [-0.4, -0.2) is 60.2 Å². The molecule has 1 saturated heterocycles. The number of H-pyrrole nitrogens is 2. The van der Waals surface area contributed by atoms with Crippen molar-refractivity contribution in [2.24, 2.45) is 0 Å². The van der Waals surface area contributed by atoms with Crippen molar-refractivity contribution >= 4 is 23.4 Å². The van der Waals surface area contributed by atoms with E-state index in [1.807, 2.05) is 0 Å². The number of imidazole rings is 1. The summed E-state index contributed by atoms with van der Waals surface area (Å²) in [6.07, 6.45) is -2.59. The molecule has 0 aliphatic carbocycles. The van der Waals surface area contributed by atoms with Crippen molar-refractivity contribution < 1.29 is 20.1 Å². The fraction of sp³-hybridized carbons (Fsp3) is 0.500. The zero-order valence-corrected chi connectivity index (χ0v) is 10.5. The van der Waals surface area contributed by atoms with Gasteiger partial charge in [-0.05, 0) is 0 Å². The van der Waals surface area contributed by atoms with E-state index in [4.69, 9.17) is 22.1 Å². The number of nitrogens with zero attached hydrogens (tertiary/aromatic N) is 2. The maximum atomic E-state index is 9.91.